The normalized spacial score (nSPS) is 12.0. The van der Waals surface area contributed by atoms with E-state index in [2.05, 4.69) is 10.1 Å². The molecule has 0 fully saturated rings. The number of nitrogens with zero attached hydrogens (tertiary/aromatic N) is 1. The first kappa shape index (κ1) is 32.1. The first-order valence-corrected chi connectivity index (χ1v) is 12.3. The molecule has 3 aromatic rings. The number of carbonyl (C=O) groups excluding carboxylic acids is 3. The van der Waals surface area contributed by atoms with E-state index in [1.165, 1.54) is 24.3 Å². The quantitative estimate of drug-likeness (QED) is 0.223. The van der Waals surface area contributed by atoms with Crippen LogP contribution in [0.25, 0.3) is 0 Å². The highest BCUT2D eigenvalue weighted by Gasteiger charge is 2.73. The van der Waals surface area contributed by atoms with E-state index < -0.39 is 41.4 Å². The van der Waals surface area contributed by atoms with Gasteiger partial charge in [-0.25, -0.2) is 4.39 Å². The first-order valence-electron chi connectivity index (χ1n) is 12.3. The van der Waals surface area contributed by atoms with Gasteiger partial charge in [-0.2, -0.15) is 26.3 Å². The second-order valence-electron chi connectivity index (χ2n) is 9.30. The molecule has 224 valence electrons. The largest absolute Gasteiger partial charge is 0.469 e. The summed E-state index contributed by atoms with van der Waals surface area (Å²) in [5, 5.41) is 2.63. The third-order valence-corrected chi connectivity index (χ3v) is 6.36. The molecule has 0 unspecified atom stereocenters. The van der Waals surface area contributed by atoms with Gasteiger partial charge >= 0.3 is 24.0 Å². The second kappa shape index (κ2) is 12.2. The number of ether oxygens (including phenoxy) is 1. The number of amides is 2. The average molecular weight is 599 g/mol. The third kappa shape index (κ3) is 6.55. The minimum Gasteiger partial charge on any atom is -0.469 e. The summed E-state index contributed by atoms with van der Waals surface area (Å²) in [4.78, 5) is 39.1. The van der Waals surface area contributed by atoms with Gasteiger partial charge in [-0.15, -0.1) is 0 Å². The number of hydrogen-bond acceptors (Lipinski definition) is 4. The van der Waals surface area contributed by atoms with Crippen LogP contribution >= 0.6 is 0 Å². The Labute approximate surface area is 236 Å². The highest BCUT2D eigenvalue weighted by atomic mass is 19.4. The Bertz CT molecular complexity index is 1430. The number of carbonyl (C=O) groups is 3. The van der Waals surface area contributed by atoms with Crippen molar-refractivity contribution < 1.29 is 49.9 Å². The fraction of sp³-hybridized carbons (Fsp3) is 0.276. The maximum absolute atomic E-state index is 14.8. The van der Waals surface area contributed by atoms with E-state index in [1.54, 1.807) is 30.3 Å². The maximum Gasteiger partial charge on any atom is 0.435 e. The van der Waals surface area contributed by atoms with Gasteiger partial charge in [0.25, 0.3) is 11.8 Å². The molecule has 0 spiro atoms. The van der Waals surface area contributed by atoms with Crippen LogP contribution in [0.4, 0.5) is 42.1 Å². The van der Waals surface area contributed by atoms with E-state index in [0.717, 1.165) is 25.9 Å². The van der Waals surface area contributed by atoms with Crippen LogP contribution < -0.4 is 10.2 Å². The van der Waals surface area contributed by atoms with Crippen LogP contribution in [0, 0.1) is 13.8 Å². The minimum atomic E-state index is -6.32. The van der Waals surface area contributed by atoms with Crippen molar-refractivity contribution in [3.63, 3.8) is 0 Å². The van der Waals surface area contributed by atoms with Crippen LogP contribution in [0.5, 0.6) is 0 Å². The van der Waals surface area contributed by atoms with Gasteiger partial charge in [0.15, 0.2) is 0 Å². The SMILES string of the molecule is COC(=O)CCN(C(=O)c1cccc(NC(=O)c2ccccc2)c1)c1c(C)cc(C(F)(C(F)(F)F)C(F)(F)F)cc1C. The highest BCUT2D eigenvalue weighted by molar-refractivity contribution is 6.09. The molecule has 3 rings (SSSR count). The summed E-state index contributed by atoms with van der Waals surface area (Å²) in [7, 11) is 1.09. The van der Waals surface area contributed by atoms with Crippen molar-refractivity contribution in [1.82, 2.24) is 0 Å². The lowest BCUT2D eigenvalue weighted by Crippen LogP contribution is -2.50. The zero-order chi connectivity index (χ0) is 31.5. The van der Waals surface area contributed by atoms with Crippen LogP contribution in [0.15, 0.2) is 66.7 Å². The standard InChI is InChI=1S/C29H25F7N2O4/c1-17-14-21(27(30,28(31,32)33)29(34,35)36)15-18(2)24(17)38(13-12-23(39)42-3)26(41)20-10-7-11-22(16-20)37-25(40)19-8-5-4-6-9-19/h4-11,14-16H,12-13H2,1-3H3,(H,37,40). The van der Waals surface area contributed by atoms with Crippen LogP contribution in [-0.2, 0) is 15.2 Å². The van der Waals surface area contributed by atoms with E-state index in [-0.39, 0.29) is 41.0 Å². The molecule has 1 N–H and O–H groups in total. The first-order chi connectivity index (χ1) is 19.5. The third-order valence-electron chi connectivity index (χ3n) is 6.36. The fourth-order valence-electron chi connectivity index (χ4n) is 4.37. The Hall–Kier alpha value is -4.42. The molecule has 0 saturated carbocycles. The molecule has 0 radical (unpaired) electrons. The number of rotatable bonds is 8. The number of alkyl halides is 7. The maximum atomic E-state index is 14.8. The van der Waals surface area contributed by atoms with Gasteiger partial charge in [0.1, 0.15) is 0 Å². The molecule has 0 atom stereocenters. The number of esters is 1. The Morgan fingerprint density at radius 2 is 1.33 bits per heavy atom. The summed E-state index contributed by atoms with van der Waals surface area (Å²) in [5.74, 6) is -2.03. The number of halogens is 7. The molecule has 0 aliphatic carbocycles. The second-order valence-corrected chi connectivity index (χ2v) is 9.30. The lowest BCUT2D eigenvalue weighted by molar-refractivity contribution is -0.348. The van der Waals surface area contributed by atoms with E-state index in [1.807, 2.05) is 0 Å². The Morgan fingerprint density at radius 1 is 0.786 bits per heavy atom. The van der Waals surface area contributed by atoms with Crippen molar-refractivity contribution in [1.29, 1.82) is 0 Å². The molecular weight excluding hydrogens is 573 g/mol. The molecule has 6 nitrogen and oxygen atoms in total. The molecule has 42 heavy (non-hydrogen) atoms. The number of aryl methyl sites for hydroxylation is 2. The number of anilines is 2. The number of benzene rings is 3. The van der Waals surface area contributed by atoms with Gasteiger partial charge in [-0.1, -0.05) is 36.4 Å². The summed E-state index contributed by atoms with van der Waals surface area (Å²) in [6, 6.07) is 14.5. The molecule has 0 aliphatic heterocycles. The molecule has 0 bridgehead atoms. The molecule has 0 heterocycles. The Morgan fingerprint density at radius 3 is 1.86 bits per heavy atom. The minimum absolute atomic E-state index is 0.0287. The predicted octanol–water partition coefficient (Wildman–Crippen LogP) is 7.06. The average Bonchev–Trinajstić information content (AvgIpc) is 2.92. The van der Waals surface area contributed by atoms with Crippen LogP contribution in [-0.4, -0.2) is 43.8 Å². The Kier molecular flexibility index (Phi) is 9.33. The number of nitrogens with one attached hydrogen (secondary N) is 1. The van der Waals surface area contributed by atoms with Gasteiger partial charge in [0.05, 0.1) is 13.5 Å². The smallest absolute Gasteiger partial charge is 0.435 e. The van der Waals surface area contributed by atoms with Crippen LogP contribution in [0.1, 0.15) is 43.8 Å². The van der Waals surface area contributed by atoms with E-state index in [4.69, 9.17) is 0 Å². The topological polar surface area (TPSA) is 75.7 Å². The van der Waals surface area contributed by atoms with Gasteiger partial charge in [-0.05, 0) is 55.3 Å². The van der Waals surface area contributed by atoms with Crippen LogP contribution in [0.2, 0.25) is 0 Å². The van der Waals surface area contributed by atoms with Crippen molar-refractivity contribution in [3.8, 4) is 0 Å². The monoisotopic (exact) mass is 598 g/mol. The number of methoxy groups -OCH3 is 1. The van der Waals surface area contributed by atoms with Gasteiger partial charge in [-0.3, -0.25) is 14.4 Å². The molecule has 0 aromatic heterocycles. The van der Waals surface area contributed by atoms with Crippen LogP contribution in [0.3, 0.4) is 0 Å². The van der Waals surface area contributed by atoms with E-state index in [9.17, 15) is 45.1 Å². The summed E-state index contributed by atoms with van der Waals surface area (Å²) in [6.45, 7) is 1.86. The Balaban J connectivity index is 2.06. The summed E-state index contributed by atoms with van der Waals surface area (Å²) < 4.78 is 99.8. The molecule has 13 heteroatoms. The zero-order valence-electron chi connectivity index (χ0n) is 22.5. The van der Waals surface area contributed by atoms with Gasteiger partial charge < -0.3 is 15.0 Å². The fourth-order valence-corrected chi connectivity index (χ4v) is 4.37. The van der Waals surface area contributed by atoms with Crippen molar-refractivity contribution in [2.45, 2.75) is 38.3 Å². The van der Waals surface area contributed by atoms with Crippen molar-refractivity contribution in [2.24, 2.45) is 0 Å². The summed E-state index contributed by atoms with van der Waals surface area (Å²) >= 11 is 0. The molecular formula is C29H25F7N2O4. The van der Waals surface area contributed by atoms with E-state index >= 15 is 0 Å². The zero-order valence-corrected chi connectivity index (χ0v) is 22.5. The summed E-state index contributed by atoms with van der Waals surface area (Å²) in [5.41, 5.74) is -7.55. The van der Waals surface area contributed by atoms with Crippen molar-refractivity contribution in [2.75, 3.05) is 23.9 Å². The molecule has 0 saturated heterocycles. The molecule has 2 amide bonds. The molecule has 0 aliphatic rings. The van der Waals surface area contributed by atoms with Crippen molar-refractivity contribution in [3.05, 3.63) is 94.5 Å². The lowest BCUT2D eigenvalue weighted by Gasteiger charge is -2.32. The lowest BCUT2D eigenvalue weighted by atomic mass is 9.90. The van der Waals surface area contributed by atoms with Crippen molar-refractivity contribution >= 4 is 29.2 Å². The number of hydrogen-bond donors (Lipinski definition) is 1. The highest BCUT2D eigenvalue weighted by Crippen LogP contribution is 2.54. The van der Waals surface area contributed by atoms with E-state index in [0.29, 0.717) is 17.7 Å². The molecule has 3 aromatic carbocycles. The van der Waals surface area contributed by atoms with Gasteiger partial charge in [0.2, 0.25) is 0 Å². The predicted molar refractivity (Wildman–Crippen MR) is 140 cm³/mol. The van der Waals surface area contributed by atoms with Gasteiger partial charge in [0, 0.05) is 34.6 Å². The summed E-state index contributed by atoms with van der Waals surface area (Å²) in [6.07, 6.45) is -13.0.